The van der Waals surface area contributed by atoms with E-state index in [1.807, 2.05) is 17.0 Å². The number of carbonyl (C=O) groups excluding carboxylic acids is 3. The van der Waals surface area contributed by atoms with Crippen LogP contribution in [0, 0.1) is 5.92 Å². The summed E-state index contributed by atoms with van der Waals surface area (Å²) < 4.78 is 0. The molecule has 3 amide bonds. The molecule has 2 fully saturated rings. The van der Waals surface area contributed by atoms with Crippen LogP contribution in [0.4, 0.5) is 11.4 Å². The Kier molecular flexibility index (Phi) is 5.36. The number of benzene rings is 1. The quantitative estimate of drug-likeness (QED) is 0.916. The van der Waals surface area contributed by atoms with Crippen LogP contribution in [0.5, 0.6) is 0 Å². The fraction of sp³-hybridized carbons (Fsp3) is 0.526. The number of anilines is 2. The SMILES string of the molecule is CC(=O)Nc1ccc(N2C[C@@H](C(=O)N3CCCCCC3)CC2=O)cc1. The second-order valence-electron chi connectivity index (χ2n) is 6.87. The maximum atomic E-state index is 12.8. The highest BCUT2D eigenvalue weighted by Crippen LogP contribution is 2.28. The Labute approximate surface area is 148 Å². The normalized spacial score (nSPS) is 21.2. The number of amides is 3. The number of nitrogens with zero attached hydrogens (tertiary/aromatic N) is 2. The number of rotatable bonds is 3. The number of carbonyl (C=O) groups is 3. The standard InChI is InChI=1S/C19H25N3O3/c1-14(23)20-16-6-8-17(9-7-16)22-13-15(12-18(22)24)19(25)21-10-4-2-3-5-11-21/h6-9,15H,2-5,10-13H2,1H3,(H,20,23)/t15-/m0/s1. The molecule has 0 radical (unpaired) electrons. The summed E-state index contributed by atoms with van der Waals surface area (Å²) in [7, 11) is 0. The van der Waals surface area contributed by atoms with Crippen molar-refractivity contribution in [3.63, 3.8) is 0 Å². The van der Waals surface area contributed by atoms with Crippen LogP contribution in [0.2, 0.25) is 0 Å². The molecule has 1 N–H and O–H groups in total. The minimum absolute atomic E-state index is 0.0135. The fourth-order valence-corrected chi connectivity index (χ4v) is 3.60. The van der Waals surface area contributed by atoms with Crippen molar-refractivity contribution in [1.82, 2.24) is 4.90 Å². The van der Waals surface area contributed by atoms with Gasteiger partial charge in [0, 0.05) is 44.4 Å². The first kappa shape index (κ1) is 17.5. The van der Waals surface area contributed by atoms with Gasteiger partial charge in [0.2, 0.25) is 17.7 Å². The van der Waals surface area contributed by atoms with Gasteiger partial charge in [0.15, 0.2) is 0 Å². The zero-order chi connectivity index (χ0) is 17.8. The lowest BCUT2D eigenvalue weighted by Crippen LogP contribution is -2.38. The van der Waals surface area contributed by atoms with Crippen molar-refractivity contribution in [3.8, 4) is 0 Å². The molecule has 1 aromatic carbocycles. The summed E-state index contributed by atoms with van der Waals surface area (Å²) in [5.41, 5.74) is 1.46. The van der Waals surface area contributed by atoms with E-state index in [1.54, 1.807) is 17.0 Å². The van der Waals surface area contributed by atoms with Gasteiger partial charge in [-0.2, -0.15) is 0 Å². The van der Waals surface area contributed by atoms with Gasteiger partial charge < -0.3 is 15.1 Å². The van der Waals surface area contributed by atoms with Gasteiger partial charge >= 0.3 is 0 Å². The molecular formula is C19H25N3O3. The first-order chi connectivity index (χ1) is 12.0. The van der Waals surface area contributed by atoms with Crippen LogP contribution in [0.25, 0.3) is 0 Å². The van der Waals surface area contributed by atoms with Crippen molar-refractivity contribution in [1.29, 1.82) is 0 Å². The third-order valence-electron chi connectivity index (χ3n) is 4.89. The summed E-state index contributed by atoms with van der Waals surface area (Å²) in [5.74, 6) is -0.276. The Morgan fingerprint density at radius 2 is 1.68 bits per heavy atom. The molecule has 0 saturated carbocycles. The molecule has 0 aliphatic carbocycles. The monoisotopic (exact) mass is 343 g/mol. The molecule has 3 rings (SSSR count). The van der Waals surface area contributed by atoms with E-state index in [0.29, 0.717) is 12.2 Å². The van der Waals surface area contributed by atoms with Gasteiger partial charge in [-0.15, -0.1) is 0 Å². The van der Waals surface area contributed by atoms with E-state index in [2.05, 4.69) is 5.32 Å². The number of hydrogen-bond donors (Lipinski definition) is 1. The molecule has 2 aliphatic heterocycles. The second kappa shape index (κ2) is 7.68. The van der Waals surface area contributed by atoms with Crippen molar-refractivity contribution in [2.45, 2.75) is 39.0 Å². The van der Waals surface area contributed by atoms with Crippen LogP contribution in [-0.2, 0) is 14.4 Å². The van der Waals surface area contributed by atoms with Gasteiger partial charge in [0.25, 0.3) is 0 Å². The molecule has 1 aromatic rings. The van der Waals surface area contributed by atoms with Gasteiger partial charge in [-0.1, -0.05) is 12.8 Å². The molecule has 0 bridgehead atoms. The zero-order valence-electron chi connectivity index (χ0n) is 14.7. The summed E-state index contributed by atoms with van der Waals surface area (Å²) in [6, 6.07) is 7.16. The van der Waals surface area contributed by atoms with Gasteiger partial charge in [0.1, 0.15) is 0 Å². The average Bonchev–Trinajstić information content (AvgIpc) is 2.80. The number of likely N-dealkylation sites (tertiary alicyclic amines) is 1. The molecule has 134 valence electrons. The first-order valence-electron chi connectivity index (χ1n) is 9.01. The molecule has 2 heterocycles. The predicted molar refractivity (Wildman–Crippen MR) is 96.3 cm³/mol. The van der Waals surface area contributed by atoms with Crippen molar-refractivity contribution in [3.05, 3.63) is 24.3 Å². The van der Waals surface area contributed by atoms with E-state index < -0.39 is 0 Å². The van der Waals surface area contributed by atoms with E-state index in [1.165, 1.54) is 19.8 Å². The van der Waals surface area contributed by atoms with Crippen LogP contribution in [0.15, 0.2) is 24.3 Å². The minimum Gasteiger partial charge on any atom is -0.342 e. The van der Waals surface area contributed by atoms with E-state index >= 15 is 0 Å². The van der Waals surface area contributed by atoms with Crippen molar-refractivity contribution in [2.24, 2.45) is 5.92 Å². The highest BCUT2D eigenvalue weighted by Gasteiger charge is 2.37. The molecule has 2 aliphatic rings. The van der Waals surface area contributed by atoms with Crippen LogP contribution in [-0.4, -0.2) is 42.3 Å². The third kappa shape index (κ3) is 4.18. The van der Waals surface area contributed by atoms with Gasteiger partial charge in [-0.25, -0.2) is 0 Å². The minimum atomic E-state index is -0.249. The summed E-state index contributed by atoms with van der Waals surface area (Å²) >= 11 is 0. The van der Waals surface area contributed by atoms with Gasteiger partial charge in [0.05, 0.1) is 5.92 Å². The summed E-state index contributed by atoms with van der Waals surface area (Å²) in [6.45, 7) is 3.52. The van der Waals surface area contributed by atoms with E-state index in [9.17, 15) is 14.4 Å². The molecule has 0 spiro atoms. The topological polar surface area (TPSA) is 69.7 Å². The molecule has 0 aromatic heterocycles. The maximum absolute atomic E-state index is 12.8. The third-order valence-corrected chi connectivity index (χ3v) is 4.89. The van der Waals surface area contributed by atoms with Crippen LogP contribution in [0.3, 0.4) is 0 Å². The number of hydrogen-bond acceptors (Lipinski definition) is 3. The molecule has 6 nitrogen and oxygen atoms in total. The van der Waals surface area contributed by atoms with Gasteiger partial charge in [-0.05, 0) is 37.1 Å². The second-order valence-corrected chi connectivity index (χ2v) is 6.87. The molecule has 6 heteroatoms. The lowest BCUT2D eigenvalue weighted by molar-refractivity contribution is -0.135. The van der Waals surface area contributed by atoms with E-state index in [-0.39, 0.29) is 30.1 Å². The molecule has 2 saturated heterocycles. The van der Waals surface area contributed by atoms with Gasteiger partial charge in [-0.3, -0.25) is 14.4 Å². The van der Waals surface area contributed by atoms with Crippen molar-refractivity contribution >= 4 is 29.1 Å². The molecule has 25 heavy (non-hydrogen) atoms. The number of nitrogens with one attached hydrogen (secondary N) is 1. The lowest BCUT2D eigenvalue weighted by Gasteiger charge is -2.24. The van der Waals surface area contributed by atoms with E-state index in [4.69, 9.17) is 0 Å². The maximum Gasteiger partial charge on any atom is 0.228 e. The Hall–Kier alpha value is -2.37. The van der Waals surface area contributed by atoms with Crippen LogP contribution < -0.4 is 10.2 Å². The molecule has 1 atom stereocenters. The Bertz CT molecular complexity index is 648. The van der Waals surface area contributed by atoms with Crippen molar-refractivity contribution < 1.29 is 14.4 Å². The van der Waals surface area contributed by atoms with Crippen LogP contribution >= 0.6 is 0 Å². The highest BCUT2D eigenvalue weighted by molar-refractivity contribution is 6.00. The molecular weight excluding hydrogens is 318 g/mol. The fourth-order valence-electron chi connectivity index (χ4n) is 3.60. The Morgan fingerprint density at radius 3 is 2.28 bits per heavy atom. The predicted octanol–water partition coefficient (Wildman–Crippen LogP) is 2.40. The van der Waals surface area contributed by atoms with Crippen molar-refractivity contribution in [2.75, 3.05) is 29.9 Å². The largest absolute Gasteiger partial charge is 0.342 e. The highest BCUT2D eigenvalue weighted by atomic mass is 16.2. The van der Waals surface area contributed by atoms with E-state index in [0.717, 1.165) is 31.6 Å². The first-order valence-corrected chi connectivity index (χ1v) is 9.01. The lowest BCUT2D eigenvalue weighted by atomic mass is 10.1. The average molecular weight is 343 g/mol. The molecule has 0 unspecified atom stereocenters. The Balaban J connectivity index is 1.65. The smallest absolute Gasteiger partial charge is 0.228 e. The summed E-state index contributed by atoms with van der Waals surface area (Å²) in [4.78, 5) is 39.8. The Morgan fingerprint density at radius 1 is 1.04 bits per heavy atom. The van der Waals surface area contributed by atoms with Crippen LogP contribution in [0.1, 0.15) is 39.0 Å². The zero-order valence-corrected chi connectivity index (χ0v) is 14.7. The summed E-state index contributed by atoms with van der Waals surface area (Å²) in [5, 5.41) is 2.71. The summed E-state index contributed by atoms with van der Waals surface area (Å²) in [6.07, 6.45) is 4.75.